The second kappa shape index (κ2) is 8.38. The van der Waals surface area contributed by atoms with Crippen LogP contribution in [0.25, 0.3) is 10.9 Å². The molecule has 1 aromatic heterocycles. The van der Waals surface area contributed by atoms with Gasteiger partial charge in [-0.05, 0) is 29.3 Å². The van der Waals surface area contributed by atoms with Gasteiger partial charge in [0.1, 0.15) is 12.6 Å². The average molecular weight is 404 g/mol. The molecular weight excluding hydrogens is 385 g/mol. The zero-order valence-corrected chi connectivity index (χ0v) is 15.5. The van der Waals surface area contributed by atoms with Crippen molar-refractivity contribution < 1.29 is 27.5 Å². The van der Waals surface area contributed by atoms with E-state index in [0.29, 0.717) is 0 Å². The van der Waals surface area contributed by atoms with Crippen molar-refractivity contribution in [2.24, 2.45) is 0 Å². The van der Waals surface area contributed by atoms with Crippen LogP contribution >= 0.6 is 0 Å². The Kier molecular flexibility index (Phi) is 5.91. The van der Waals surface area contributed by atoms with E-state index in [9.17, 15) is 22.8 Å². The minimum absolute atomic E-state index is 0.186. The molecule has 1 amide bonds. The number of hydrogen-bond acceptors (Lipinski definition) is 3. The average Bonchev–Trinajstić information content (AvgIpc) is 3.08. The second-order valence-corrected chi connectivity index (χ2v) is 6.62. The summed E-state index contributed by atoms with van der Waals surface area (Å²) >= 11 is 0. The van der Waals surface area contributed by atoms with Gasteiger partial charge in [0, 0.05) is 30.4 Å². The molecule has 2 aromatic carbocycles. The number of alkyl halides is 3. The molecule has 152 valence electrons. The van der Waals surface area contributed by atoms with E-state index >= 15 is 0 Å². The van der Waals surface area contributed by atoms with Gasteiger partial charge in [-0.25, -0.2) is 4.79 Å². The number of aromatic nitrogens is 1. The van der Waals surface area contributed by atoms with Gasteiger partial charge in [0.15, 0.2) is 0 Å². The number of amides is 1. The number of halogens is 3. The lowest BCUT2D eigenvalue weighted by molar-refractivity contribution is -0.149. The number of fused-ring (bicyclic) bond motifs is 1. The fourth-order valence-electron chi connectivity index (χ4n) is 3.05. The number of para-hydroxylation sites is 1. The normalized spacial score (nSPS) is 12.6. The number of carbonyl (C=O) groups excluding carboxylic acids is 2. The van der Waals surface area contributed by atoms with Crippen LogP contribution < -0.4 is 5.32 Å². The molecule has 29 heavy (non-hydrogen) atoms. The van der Waals surface area contributed by atoms with E-state index in [1.807, 2.05) is 24.3 Å². The maximum Gasteiger partial charge on any atom is 0.416 e. The Balaban J connectivity index is 1.72. The number of carbonyl (C=O) groups is 2. The summed E-state index contributed by atoms with van der Waals surface area (Å²) in [6, 6.07) is 11.1. The van der Waals surface area contributed by atoms with Crippen molar-refractivity contribution in [3.8, 4) is 0 Å². The predicted octanol–water partition coefficient (Wildman–Crippen LogP) is 3.98. The molecule has 0 bridgehead atoms. The van der Waals surface area contributed by atoms with Crippen LogP contribution in [0.3, 0.4) is 0 Å². The maximum atomic E-state index is 12.8. The molecular formula is C21H19F3N2O3. The summed E-state index contributed by atoms with van der Waals surface area (Å²) in [7, 11) is 0. The number of H-pyrrole nitrogens is 1. The van der Waals surface area contributed by atoms with Gasteiger partial charge < -0.3 is 15.0 Å². The first-order valence-electron chi connectivity index (χ1n) is 8.89. The van der Waals surface area contributed by atoms with Gasteiger partial charge in [-0.15, -0.1) is 0 Å². The van der Waals surface area contributed by atoms with Crippen LogP contribution in [0, 0.1) is 0 Å². The van der Waals surface area contributed by atoms with Crippen molar-refractivity contribution >= 4 is 22.8 Å². The Labute approximate surface area is 164 Å². The highest BCUT2D eigenvalue weighted by atomic mass is 19.4. The first-order chi connectivity index (χ1) is 13.7. The van der Waals surface area contributed by atoms with Crippen molar-refractivity contribution in [3.63, 3.8) is 0 Å². The molecule has 1 heterocycles. The topological polar surface area (TPSA) is 71.2 Å². The van der Waals surface area contributed by atoms with E-state index in [2.05, 4.69) is 10.3 Å². The zero-order valence-electron chi connectivity index (χ0n) is 15.5. The molecule has 0 saturated heterocycles. The summed E-state index contributed by atoms with van der Waals surface area (Å²) in [4.78, 5) is 27.1. The number of benzene rings is 2. The standard InChI is InChI=1S/C21H19F3N2O3/c1-13(27)26-19(10-15-11-25-18-8-3-2-7-17(15)18)20(28)29-12-14-5-4-6-16(9-14)21(22,23)24/h2-9,11,19,25H,10,12H2,1H3,(H,26,27). The summed E-state index contributed by atoms with van der Waals surface area (Å²) < 4.78 is 43.6. The summed E-state index contributed by atoms with van der Waals surface area (Å²) in [5.41, 5.74) is 1.10. The SMILES string of the molecule is CC(=O)NC(Cc1c[nH]c2ccccc12)C(=O)OCc1cccc(C(F)(F)F)c1. The van der Waals surface area contributed by atoms with Crippen molar-refractivity contribution in [1.82, 2.24) is 10.3 Å². The Bertz CT molecular complexity index is 1030. The second-order valence-electron chi connectivity index (χ2n) is 6.62. The van der Waals surface area contributed by atoms with E-state index in [-0.39, 0.29) is 18.6 Å². The number of nitrogens with one attached hydrogen (secondary N) is 2. The zero-order chi connectivity index (χ0) is 21.0. The van der Waals surface area contributed by atoms with Gasteiger partial charge in [0.25, 0.3) is 0 Å². The third kappa shape index (κ3) is 5.16. The molecule has 2 N–H and O–H groups in total. The predicted molar refractivity (Wildman–Crippen MR) is 101 cm³/mol. The molecule has 1 unspecified atom stereocenters. The molecule has 0 spiro atoms. The van der Waals surface area contributed by atoms with E-state index in [0.717, 1.165) is 28.6 Å². The number of hydrogen-bond donors (Lipinski definition) is 2. The van der Waals surface area contributed by atoms with E-state index in [1.54, 1.807) is 6.20 Å². The Morgan fingerprint density at radius 2 is 1.90 bits per heavy atom. The molecule has 0 aliphatic rings. The van der Waals surface area contributed by atoms with Gasteiger partial charge >= 0.3 is 12.1 Å². The maximum absolute atomic E-state index is 12.8. The van der Waals surface area contributed by atoms with Crippen molar-refractivity contribution in [1.29, 1.82) is 0 Å². The van der Waals surface area contributed by atoms with Crippen LogP contribution in [0.15, 0.2) is 54.7 Å². The molecule has 3 aromatic rings. The number of rotatable bonds is 6. The first-order valence-corrected chi connectivity index (χ1v) is 8.89. The van der Waals surface area contributed by atoms with Crippen molar-refractivity contribution in [3.05, 3.63) is 71.4 Å². The van der Waals surface area contributed by atoms with Gasteiger partial charge in [0.05, 0.1) is 5.56 Å². The number of aromatic amines is 1. The fraction of sp³-hybridized carbons (Fsp3) is 0.238. The lowest BCUT2D eigenvalue weighted by Gasteiger charge is -2.17. The van der Waals surface area contributed by atoms with E-state index in [4.69, 9.17) is 4.74 Å². The molecule has 0 aliphatic heterocycles. The minimum atomic E-state index is -4.48. The van der Waals surface area contributed by atoms with Gasteiger partial charge in [-0.1, -0.05) is 30.3 Å². The minimum Gasteiger partial charge on any atom is -0.459 e. The van der Waals surface area contributed by atoms with Crippen LogP contribution in [0.4, 0.5) is 13.2 Å². The largest absolute Gasteiger partial charge is 0.459 e. The van der Waals surface area contributed by atoms with Gasteiger partial charge in [-0.2, -0.15) is 13.2 Å². The van der Waals surface area contributed by atoms with Crippen LogP contribution in [-0.2, 0) is 33.5 Å². The monoisotopic (exact) mass is 404 g/mol. The fourth-order valence-corrected chi connectivity index (χ4v) is 3.05. The van der Waals surface area contributed by atoms with Crippen LogP contribution in [-0.4, -0.2) is 22.9 Å². The molecule has 8 heteroatoms. The summed E-state index contributed by atoms with van der Waals surface area (Å²) in [5, 5.41) is 3.46. The molecule has 3 rings (SSSR count). The third-order valence-electron chi connectivity index (χ3n) is 4.40. The van der Waals surface area contributed by atoms with E-state index in [1.165, 1.54) is 19.1 Å². The highest BCUT2D eigenvalue weighted by Crippen LogP contribution is 2.29. The third-order valence-corrected chi connectivity index (χ3v) is 4.40. The number of ether oxygens (including phenoxy) is 1. The van der Waals surface area contributed by atoms with E-state index < -0.39 is 29.7 Å². The first kappa shape index (κ1) is 20.4. The molecule has 0 radical (unpaired) electrons. The quantitative estimate of drug-likeness (QED) is 0.611. The Hall–Kier alpha value is -3.29. The van der Waals surface area contributed by atoms with Crippen LogP contribution in [0.2, 0.25) is 0 Å². The van der Waals surface area contributed by atoms with Gasteiger partial charge in [0.2, 0.25) is 5.91 Å². The smallest absolute Gasteiger partial charge is 0.416 e. The molecule has 0 saturated carbocycles. The Morgan fingerprint density at radius 1 is 1.14 bits per heavy atom. The molecule has 0 fully saturated rings. The van der Waals surface area contributed by atoms with Crippen molar-refractivity contribution in [2.75, 3.05) is 0 Å². The highest BCUT2D eigenvalue weighted by Gasteiger charge is 2.30. The molecule has 1 atom stereocenters. The summed E-state index contributed by atoms with van der Waals surface area (Å²) in [6.07, 6.45) is -2.54. The summed E-state index contributed by atoms with van der Waals surface area (Å²) in [5.74, 6) is -1.13. The summed E-state index contributed by atoms with van der Waals surface area (Å²) in [6.45, 7) is 0.953. The van der Waals surface area contributed by atoms with Crippen LogP contribution in [0.5, 0.6) is 0 Å². The van der Waals surface area contributed by atoms with Gasteiger partial charge in [-0.3, -0.25) is 4.79 Å². The lowest BCUT2D eigenvalue weighted by atomic mass is 10.0. The molecule has 0 aliphatic carbocycles. The lowest BCUT2D eigenvalue weighted by Crippen LogP contribution is -2.42. The Morgan fingerprint density at radius 3 is 2.62 bits per heavy atom. The molecule has 5 nitrogen and oxygen atoms in total. The highest BCUT2D eigenvalue weighted by molar-refractivity contribution is 5.86. The van der Waals surface area contributed by atoms with Crippen LogP contribution in [0.1, 0.15) is 23.6 Å². The van der Waals surface area contributed by atoms with Crippen molar-refractivity contribution in [2.45, 2.75) is 32.2 Å². The number of esters is 1.